The second kappa shape index (κ2) is 8.73. The standard InChI is InChI=1S/C21H21Cl2N5O3S/c1-13-3-4-28(32(13,30)31)20-9-18(19(23)11-24-20)21(29)26-17-7-14(6-16(22)8-17)5-15-10-25-27(2)12-15/h6-13H,3-5H2,1-2H3,(H,26,29). The quantitative estimate of drug-likeness (QED) is 0.581. The molecule has 1 saturated heterocycles. The summed E-state index contributed by atoms with van der Waals surface area (Å²) in [6.07, 6.45) is 6.06. The van der Waals surface area contributed by atoms with Gasteiger partial charge in [0.25, 0.3) is 5.91 Å². The van der Waals surface area contributed by atoms with Crippen molar-refractivity contribution in [3.8, 4) is 0 Å². The first kappa shape index (κ1) is 22.6. The number of pyridine rings is 1. The Morgan fingerprint density at radius 2 is 1.97 bits per heavy atom. The molecule has 4 rings (SSSR count). The van der Waals surface area contributed by atoms with Crippen LogP contribution in [-0.2, 0) is 23.5 Å². The van der Waals surface area contributed by atoms with Crippen LogP contribution in [-0.4, -0.2) is 40.9 Å². The average molecular weight is 494 g/mol. The summed E-state index contributed by atoms with van der Waals surface area (Å²) in [5.74, 6) is -0.315. The van der Waals surface area contributed by atoms with Crippen molar-refractivity contribution in [1.82, 2.24) is 14.8 Å². The Morgan fingerprint density at radius 3 is 2.62 bits per heavy atom. The van der Waals surface area contributed by atoms with Crippen molar-refractivity contribution in [2.24, 2.45) is 7.05 Å². The minimum absolute atomic E-state index is 0.119. The number of nitrogens with zero attached hydrogens (tertiary/aromatic N) is 4. The molecule has 0 saturated carbocycles. The molecule has 0 spiro atoms. The summed E-state index contributed by atoms with van der Waals surface area (Å²) < 4.78 is 28.0. The van der Waals surface area contributed by atoms with Gasteiger partial charge in [-0.1, -0.05) is 23.2 Å². The number of aryl methyl sites for hydroxylation is 1. The molecule has 2 aromatic heterocycles. The molecule has 0 radical (unpaired) electrons. The van der Waals surface area contributed by atoms with Gasteiger partial charge in [-0.05, 0) is 48.7 Å². The van der Waals surface area contributed by atoms with Crippen molar-refractivity contribution in [3.63, 3.8) is 0 Å². The smallest absolute Gasteiger partial charge is 0.257 e. The van der Waals surface area contributed by atoms with Crippen LogP contribution >= 0.6 is 23.2 Å². The predicted octanol–water partition coefficient (Wildman–Crippen LogP) is 3.89. The first-order valence-electron chi connectivity index (χ1n) is 9.89. The topological polar surface area (TPSA) is 97.2 Å². The first-order chi connectivity index (χ1) is 15.1. The average Bonchev–Trinajstić information content (AvgIpc) is 3.24. The van der Waals surface area contributed by atoms with Crippen molar-refractivity contribution in [1.29, 1.82) is 0 Å². The summed E-state index contributed by atoms with van der Waals surface area (Å²) in [5, 5.41) is 7.05. The van der Waals surface area contributed by atoms with Gasteiger partial charge in [-0.3, -0.25) is 13.8 Å². The number of hydrogen-bond donors (Lipinski definition) is 1. The molecule has 32 heavy (non-hydrogen) atoms. The highest BCUT2D eigenvalue weighted by Gasteiger charge is 2.36. The van der Waals surface area contributed by atoms with E-state index >= 15 is 0 Å². The zero-order valence-corrected chi connectivity index (χ0v) is 19.7. The van der Waals surface area contributed by atoms with E-state index < -0.39 is 21.2 Å². The molecule has 11 heteroatoms. The second-order valence-corrected chi connectivity index (χ2v) is 10.9. The van der Waals surface area contributed by atoms with Crippen LogP contribution < -0.4 is 9.62 Å². The van der Waals surface area contributed by atoms with E-state index in [4.69, 9.17) is 23.2 Å². The first-order valence-corrected chi connectivity index (χ1v) is 12.1. The number of carbonyl (C=O) groups excluding carboxylic acids is 1. The molecule has 0 aliphatic carbocycles. The van der Waals surface area contributed by atoms with Crippen molar-refractivity contribution >= 4 is 50.6 Å². The Labute approximate surface area is 196 Å². The van der Waals surface area contributed by atoms with Crippen molar-refractivity contribution < 1.29 is 13.2 Å². The maximum atomic E-state index is 13.0. The fourth-order valence-electron chi connectivity index (χ4n) is 3.60. The molecule has 3 heterocycles. The molecule has 3 aromatic rings. The summed E-state index contributed by atoms with van der Waals surface area (Å²) in [4.78, 5) is 17.1. The van der Waals surface area contributed by atoms with E-state index in [0.29, 0.717) is 30.1 Å². The van der Waals surface area contributed by atoms with E-state index in [2.05, 4.69) is 15.4 Å². The maximum absolute atomic E-state index is 13.0. The van der Waals surface area contributed by atoms with Gasteiger partial charge in [0.15, 0.2) is 0 Å². The molecule has 0 bridgehead atoms. The van der Waals surface area contributed by atoms with Crippen molar-refractivity contribution in [2.45, 2.75) is 25.0 Å². The molecule has 1 aromatic carbocycles. The van der Waals surface area contributed by atoms with E-state index in [0.717, 1.165) is 11.1 Å². The van der Waals surface area contributed by atoms with Crippen LogP contribution in [0.15, 0.2) is 42.9 Å². The van der Waals surface area contributed by atoms with Crippen LogP contribution in [0.1, 0.15) is 34.8 Å². The highest BCUT2D eigenvalue weighted by atomic mass is 35.5. The summed E-state index contributed by atoms with van der Waals surface area (Å²) in [7, 11) is -1.66. The summed E-state index contributed by atoms with van der Waals surface area (Å²) in [5.41, 5.74) is 2.54. The third-order valence-electron chi connectivity index (χ3n) is 5.28. The minimum atomic E-state index is -3.50. The molecule has 8 nitrogen and oxygen atoms in total. The van der Waals surface area contributed by atoms with Gasteiger partial charge in [0.1, 0.15) is 5.82 Å². The summed E-state index contributed by atoms with van der Waals surface area (Å²) in [6.45, 7) is 1.96. The van der Waals surface area contributed by atoms with Gasteiger partial charge in [-0.2, -0.15) is 5.10 Å². The molecular formula is C21H21Cl2N5O3S. The number of aromatic nitrogens is 3. The number of hydrogen-bond acceptors (Lipinski definition) is 5. The lowest BCUT2D eigenvalue weighted by Crippen LogP contribution is -2.29. The van der Waals surface area contributed by atoms with E-state index in [9.17, 15) is 13.2 Å². The zero-order valence-electron chi connectivity index (χ0n) is 17.4. The summed E-state index contributed by atoms with van der Waals surface area (Å²) in [6, 6.07) is 6.67. The van der Waals surface area contributed by atoms with Gasteiger partial charge in [-0.25, -0.2) is 13.4 Å². The van der Waals surface area contributed by atoms with E-state index in [1.807, 2.05) is 25.4 Å². The third-order valence-corrected chi connectivity index (χ3v) is 8.03. The van der Waals surface area contributed by atoms with Gasteiger partial charge >= 0.3 is 0 Å². The molecule has 1 unspecified atom stereocenters. The van der Waals surface area contributed by atoms with E-state index in [-0.39, 0.29) is 16.4 Å². The Bertz CT molecular complexity index is 1290. The molecule has 1 fully saturated rings. The molecule has 1 N–H and O–H groups in total. The SMILES string of the molecule is CC1CCN(c2cc(C(=O)Nc3cc(Cl)cc(Cc4cnn(C)c4)c3)c(Cl)cn2)S1(=O)=O. The van der Waals surface area contributed by atoms with Crippen LogP contribution in [0.3, 0.4) is 0 Å². The molecule has 1 aliphatic rings. The van der Waals surface area contributed by atoms with Crippen LogP contribution in [0.4, 0.5) is 11.5 Å². The van der Waals surface area contributed by atoms with Crippen molar-refractivity contribution in [3.05, 3.63) is 69.6 Å². The number of carbonyl (C=O) groups is 1. The maximum Gasteiger partial charge on any atom is 0.257 e. The van der Waals surface area contributed by atoms with Gasteiger partial charge < -0.3 is 5.32 Å². The lowest BCUT2D eigenvalue weighted by Gasteiger charge is -2.18. The minimum Gasteiger partial charge on any atom is -0.322 e. The lowest BCUT2D eigenvalue weighted by molar-refractivity contribution is 0.102. The number of benzene rings is 1. The monoisotopic (exact) mass is 493 g/mol. The Kier molecular flexibility index (Phi) is 6.15. The fraction of sp³-hybridized carbons (Fsp3) is 0.286. The van der Waals surface area contributed by atoms with Crippen LogP contribution in [0.25, 0.3) is 0 Å². The van der Waals surface area contributed by atoms with E-state index in [1.165, 1.54) is 16.6 Å². The highest BCUT2D eigenvalue weighted by Crippen LogP contribution is 2.30. The number of amides is 1. The Balaban J connectivity index is 1.58. The number of rotatable bonds is 5. The fourth-order valence-corrected chi connectivity index (χ4v) is 5.60. The number of anilines is 2. The third kappa shape index (κ3) is 4.60. The van der Waals surface area contributed by atoms with Crippen molar-refractivity contribution in [2.75, 3.05) is 16.2 Å². The number of sulfonamides is 1. The Hall–Kier alpha value is -2.62. The zero-order chi connectivity index (χ0) is 23.0. The number of nitrogens with one attached hydrogen (secondary N) is 1. The molecule has 1 amide bonds. The largest absolute Gasteiger partial charge is 0.322 e. The summed E-state index contributed by atoms with van der Waals surface area (Å²) >= 11 is 12.5. The molecular weight excluding hydrogens is 473 g/mol. The van der Waals surface area contributed by atoms with Gasteiger partial charge in [0.2, 0.25) is 10.0 Å². The molecule has 1 aliphatic heterocycles. The molecule has 168 valence electrons. The van der Waals surface area contributed by atoms with Crippen LogP contribution in [0.2, 0.25) is 10.0 Å². The highest BCUT2D eigenvalue weighted by molar-refractivity contribution is 7.93. The van der Waals surface area contributed by atoms with Gasteiger partial charge in [-0.15, -0.1) is 0 Å². The number of halogens is 2. The van der Waals surface area contributed by atoms with Gasteiger partial charge in [0.05, 0.1) is 22.0 Å². The van der Waals surface area contributed by atoms with Crippen LogP contribution in [0.5, 0.6) is 0 Å². The van der Waals surface area contributed by atoms with Gasteiger partial charge in [0, 0.05) is 43.1 Å². The second-order valence-electron chi connectivity index (χ2n) is 7.74. The normalized spacial score (nSPS) is 17.5. The predicted molar refractivity (Wildman–Crippen MR) is 125 cm³/mol. The Morgan fingerprint density at radius 1 is 1.19 bits per heavy atom. The molecule has 1 atom stereocenters. The van der Waals surface area contributed by atoms with Crippen LogP contribution in [0, 0.1) is 0 Å². The van der Waals surface area contributed by atoms with E-state index in [1.54, 1.807) is 23.9 Å². The lowest BCUT2D eigenvalue weighted by atomic mass is 10.1.